The highest BCUT2D eigenvalue weighted by atomic mass is 14.6. The maximum absolute atomic E-state index is 3.93. The first kappa shape index (κ1) is 9.15. The van der Waals surface area contributed by atoms with Crippen LogP contribution in [0.15, 0.2) is 29.4 Å². The van der Waals surface area contributed by atoms with Crippen molar-refractivity contribution in [1.82, 2.24) is 0 Å². The lowest BCUT2D eigenvalue weighted by molar-refractivity contribution is 0.929. The summed E-state index contributed by atoms with van der Waals surface area (Å²) < 4.78 is 0. The van der Waals surface area contributed by atoms with Gasteiger partial charge in [-0.3, -0.25) is 4.99 Å². The largest absolute Gasteiger partial charge is 0.269 e. The van der Waals surface area contributed by atoms with E-state index in [1.165, 1.54) is 0 Å². The molecule has 1 heteroatoms. The third-order valence-electron chi connectivity index (χ3n) is 1.12. The van der Waals surface area contributed by atoms with Crippen LogP contribution in [0.4, 0.5) is 0 Å². The predicted molar refractivity (Wildman–Crippen MR) is 47.4 cm³/mol. The van der Waals surface area contributed by atoms with Crippen molar-refractivity contribution in [1.29, 1.82) is 0 Å². The van der Waals surface area contributed by atoms with Crippen molar-refractivity contribution in [3.63, 3.8) is 0 Å². The maximum atomic E-state index is 3.93. The molecule has 0 aliphatic carbocycles. The van der Waals surface area contributed by atoms with Gasteiger partial charge in [0, 0.05) is 12.4 Å². The van der Waals surface area contributed by atoms with Gasteiger partial charge in [-0.25, -0.2) is 0 Å². The fraction of sp³-hybridized carbons (Fsp3) is 0.444. The van der Waals surface area contributed by atoms with Gasteiger partial charge in [-0.15, -0.1) is 0 Å². The molecule has 0 N–H and O–H groups in total. The van der Waals surface area contributed by atoms with E-state index in [1.54, 1.807) is 12.4 Å². The molecule has 0 heterocycles. The molecule has 0 amide bonds. The van der Waals surface area contributed by atoms with E-state index < -0.39 is 0 Å². The van der Waals surface area contributed by atoms with E-state index in [0.717, 1.165) is 18.4 Å². The van der Waals surface area contributed by atoms with Gasteiger partial charge in [-0.2, -0.15) is 0 Å². The van der Waals surface area contributed by atoms with E-state index in [2.05, 4.69) is 18.5 Å². The first-order valence-corrected chi connectivity index (χ1v) is 3.63. The van der Waals surface area contributed by atoms with Gasteiger partial charge in [-0.1, -0.05) is 25.5 Å². The smallest absolute Gasteiger partial charge is 0.0266 e. The number of rotatable bonds is 4. The topological polar surface area (TPSA) is 12.4 Å². The van der Waals surface area contributed by atoms with Crippen molar-refractivity contribution in [2.24, 2.45) is 4.99 Å². The monoisotopic (exact) mass is 137 g/mol. The zero-order chi connectivity index (χ0) is 7.82. The lowest BCUT2D eigenvalue weighted by Crippen LogP contribution is -1.72. The van der Waals surface area contributed by atoms with E-state index in [4.69, 9.17) is 0 Å². The van der Waals surface area contributed by atoms with Gasteiger partial charge in [0.25, 0.3) is 0 Å². The summed E-state index contributed by atoms with van der Waals surface area (Å²) >= 11 is 0. The molecule has 0 saturated heterocycles. The van der Waals surface area contributed by atoms with Gasteiger partial charge in [0.2, 0.25) is 0 Å². The van der Waals surface area contributed by atoms with Crippen molar-refractivity contribution in [2.75, 3.05) is 0 Å². The van der Waals surface area contributed by atoms with Crippen molar-refractivity contribution < 1.29 is 0 Å². The molecule has 0 fully saturated rings. The average molecular weight is 137 g/mol. The molecule has 0 aromatic rings. The van der Waals surface area contributed by atoms with E-state index in [9.17, 15) is 0 Å². The average Bonchev–Trinajstić information content (AvgIpc) is 1.89. The molecule has 0 radical (unpaired) electrons. The minimum Gasteiger partial charge on any atom is -0.269 e. The van der Waals surface area contributed by atoms with Gasteiger partial charge in [0.05, 0.1) is 0 Å². The molecule has 0 saturated carbocycles. The first-order chi connectivity index (χ1) is 4.81. The van der Waals surface area contributed by atoms with Crippen LogP contribution in [-0.2, 0) is 0 Å². The molecule has 0 aliphatic rings. The van der Waals surface area contributed by atoms with E-state index in [-0.39, 0.29) is 0 Å². The normalized spacial score (nSPS) is 11.4. The van der Waals surface area contributed by atoms with Crippen molar-refractivity contribution in [2.45, 2.75) is 26.7 Å². The number of allylic oxidation sites excluding steroid dienone is 2. The summed E-state index contributed by atoms with van der Waals surface area (Å²) in [5.41, 5.74) is 1.15. The Hall–Kier alpha value is -0.850. The standard InChI is InChI=1S/C9H15N/c1-4-6-9(3)7-8-10-5-2/h5,7-8H,3-4,6H2,1-2H3/b8-7-,10-5?. The van der Waals surface area contributed by atoms with Crippen LogP contribution in [0.3, 0.4) is 0 Å². The number of hydrogen-bond acceptors (Lipinski definition) is 1. The molecule has 0 aromatic carbocycles. The third kappa shape index (κ3) is 5.29. The zero-order valence-electron chi connectivity index (χ0n) is 6.80. The highest BCUT2D eigenvalue weighted by Gasteiger charge is 1.82. The Morgan fingerprint density at radius 2 is 2.30 bits per heavy atom. The van der Waals surface area contributed by atoms with Crippen LogP contribution < -0.4 is 0 Å². The Kier molecular flexibility index (Phi) is 5.74. The van der Waals surface area contributed by atoms with Gasteiger partial charge in [0.1, 0.15) is 0 Å². The minimum atomic E-state index is 1.07. The van der Waals surface area contributed by atoms with E-state index >= 15 is 0 Å². The van der Waals surface area contributed by atoms with E-state index in [0.29, 0.717) is 0 Å². The molecule has 1 nitrogen and oxygen atoms in total. The molecule has 0 aromatic heterocycles. The van der Waals surface area contributed by atoms with Crippen molar-refractivity contribution in [3.8, 4) is 0 Å². The summed E-state index contributed by atoms with van der Waals surface area (Å²) in [5, 5.41) is 0. The first-order valence-electron chi connectivity index (χ1n) is 3.63. The Bertz CT molecular complexity index is 143. The van der Waals surface area contributed by atoms with Crippen LogP contribution in [0, 0.1) is 0 Å². The second kappa shape index (κ2) is 6.27. The van der Waals surface area contributed by atoms with Crippen LogP contribution >= 0.6 is 0 Å². The van der Waals surface area contributed by atoms with Crippen molar-refractivity contribution in [3.05, 3.63) is 24.4 Å². The van der Waals surface area contributed by atoms with Crippen LogP contribution in [-0.4, -0.2) is 6.21 Å². The second-order valence-electron chi connectivity index (χ2n) is 2.13. The van der Waals surface area contributed by atoms with Crippen LogP contribution in [0.25, 0.3) is 0 Å². The molecule has 0 rings (SSSR count). The van der Waals surface area contributed by atoms with Crippen LogP contribution in [0.5, 0.6) is 0 Å². The molecular formula is C9H15N. The Balaban J connectivity index is 3.56. The van der Waals surface area contributed by atoms with Gasteiger partial charge in [-0.05, 0) is 19.4 Å². The van der Waals surface area contributed by atoms with Gasteiger partial charge >= 0.3 is 0 Å². The molecule has 56 valence electrons. The molecular weight excluding hydrogens is 122 g/mol. The summed E-state index contributed by atoms with van der Waals surface area (Å²) in [7, 11) is 0. The van der Waals surface area contributed by atoms with Crippen molar-refractivity contribution >= 4 is 6.21 Å². The molecule has 0 aliphatic heterocycles. The zero-order valence-corrected chi connectivity index (χ0v) is 6.80. The summed E-state index contributed by atoms with van der Waals surface area (Å²) in [6, 6.07) is 0. The second-order valence-corrected chi connectivity index (χ2v) is 2.13. The summed E-state index contributed by atoms with van der Waals surface area (Å²) in [6.07, 6.45) is 7.70. The number of aliphatic imine (C=N–C) groups is 1. The molecule has 0 atom stereocenters. The molecule has 0 bridgehead atoms. The fourth-order valence-electron chi connectivity index (χ4n) is 0.639. The number of nitrogens with zero attached hydrogens (tertiary/aromatic N) is 1. The highest BCUT2D eigenvalue weighted by Crippen LogP contribution is 2.02. The van der Waals surface area contributed by atoms with Gasteiger partial charge < -0.3 is 0 Å². The molecule has 10 heavy (non-hydrogen) atoms. The maximum Gasteiger partial charge on any atom is 0.0266 e. The highest BCUT2D eigenvalue weighted by molar-refractivity contribution is 5.54. The Morgan fingerprint density at radius 1 is 1.60 bits per heavy atom. The Morgan fingerprint density at radius 3 is 2.80 bits per heavy atom. The predicted octanol–water partition coefficient (Wildman–Crippen LogP) is 2.95. The molecule has 0 spiro atoms. The number of hydrogen-bond donors (Lipinski definition) is 0. The van der Waals surface area contributed by atoms with Crippen LogP contribution in [0.2, 0.25) is 0 Å². The quantitative estimate of drug-likeness (QED) is 0.417. The summed E-state index contributed by atoms with van der Waals surface area (Å²) in [6.45, 7) is 7.89. The SMILES string of the molecule is C=C(/C=C\N=CC)CCC. The van der Waals surface area contributed by atoms with E-state index in [1.807, 2.05) is 13.0 Å². The summed E-state index contributed by atoms with van der Waals surface area (Å²) in [5.74, 6) is 0. The lowest BCUT2D eigenvalue weighted by Gasteiger charge is -1.91. The lowest BCUT2D eigenvalue weighted by atomic mass is 10.2. The van der Waals surface area contributed by atoms with Crippen LogP contribution in [0.1, 0.15) is 26.7 Å². The molecule has 0 unspecified atom stereocenters. The summed E-state index contributed by atoms with van der Waals surface area (Å²) in [4.78, 5) is 3.93. The Labute approximate surface area is 63.2 Å². The third-order valence-corrected chi connectivity index (χ3v) is 1.12. The fourth-order valence-corrected chi connectivity index (χ4v) is 0.639. The minimum absolute atomic E-state index is 1.07. The van der Waals surface area contributed by atoms with Gasteiger partial charge in [0.15, 0.2) is 0 Å².